The van der Waals surface area contributed by atoms with Crippen molar-refractivity contribution in [2.24, 2.45) is 0 Å². The highest BCUT2D eigenvalue weighted by atomic mass is 31.1. The van der Waals surface area contributed by atoms with Gasteiger partial charge in [-0.25, -0.2) is 4.98 Å². The van der Waals surface area contributed by atoms with Crippen LogP contribution in [0.3, 0.4) is 0 Å². The van der Waals surface area contributed by atoms with Crippen molar-refractivity contribution >= 4 is 14.1 Å². The van der Waals surface area contributed by atoms with E-state index in [1.165, 1.54) is 16.9 Å². The van der Waals surface area contributed by atoms with Gasteiger partial charge in [-0.05, 0) is 28.7 Å². The molecule has 2 aromatic rings. The quantitative estimate of drug-likeness (QED) is 0.567. The van der Waals surface area contributed by atoms with Gasteiger partial charge in [-0.3, -0.25) is 4.79 Å². The molecule has 0 spiro atoms. The Bertz CT molecular complexity index is 643. The van der Waals surface area contributed by atoms with Crippen molar-refractivity contribution in [2.45, 2.75) is 25.8 Å². The minimum atomic E-state index is -2.02. The Hall–Kier alpha value is -2.24. The number of imidazole rings is 1. The molecule has 0 aliphatic rings. The maximum absolute atomic E-state index is 12.3. The zero-order chi connectivity index (χ0) is 16.7. The lowest BCUT2D eigenvalue weighted by Crippen LogP contribution is -2.36. The highest BCUT2D eigenvalue weighted by molar-refractivity contribution is 7.40. The fourth-order valence-electron chi connectivity index (χ4n) is 1.91. The minimum Gasteiger partial charge on any atom is -0.508 e. The van der Waals surface area contributed by atoms with Gasteiger partial charge in [0, 0.05) is 12.6 Å². The number of hydrogen-bond donors (Lipinski definition) is 2. The predicted molar refractivity (Wildman–Crippen MR) is 85.2 cm³/mol. The summed E-state index contributed by atoms with van der Waals surface area (Å²) in [5, 5.41) is 12.1. The second-order valence-electron chi connectivity index (χ2n) is 4.94. The van der Waals surface area contributed by atoms with Crippen LogP contribution in [0.25, 0.3) is 0 Å². The largest absolute Gasteiger partial charge is 0.569 e. The Labute approximate surface area is 135 Å². The zero-order valence-corrected chi connectivity index (χ0v) is 13.6. The van der Waals surface area contributed by atoms with Gasteiger partial charge in [0.1, 0.15) is 12.1 Å². The standard InChI is InChI=1S/C15H18N3O4P/c1-2-9-22-15(20)14(10-12-3-5-13(19)6-4-12)17-23(21)18-8-7-16-11-18/h3-8,11,14H,2,9-10H2,1H3,(H-,17,19,21)/p+1. The van der Waals surface area contributed by atoms with E-state index in [1.807, 2.05) is 6.92 Å². The van der Waals surface area contributed by atoms with Crippen LogP contribution in [0.15, 0.2) is 43.0 Å². The van der Waals surface area contributed by atoms with E-state index in [2.05, 4.69) is 10.1 Å². The number of aromatic hydroxyl groups is 1. The van der Waals surface area contributed by atoms with E-state index in [9.17, 15) is 14.5 Å². The Kier molecular flexibility index (Phi) is 6.26. The van der Waals surface area contributed by atoms with Gasteiger partial charge < -0.3 is 9.84 Å². The summed E-state index contributed by atoms with van der Waals surface area (Å²) >= 11 is 0. The number of benzene rings is 1. The predicted octanol–water partition coefficient (Wildman–Crippen LogP) is 2.25. The number of phenolic OH excluding ortho intramolecular Hbond substituents is 1. The number of rotatable bonds is 8. The third kappa shape index (κ3) is 5.16. The number of ether oxygens (including phenoxy) is 1. The molecule has 0 saturated carbocycles. The molecule has 1 aromatic heterocycles. The van der Waals surface area contributed by atoms with Gasteiger partial charge in [0.05, 0.1) is 12.8 Å². The number of carbonyl (C=O) groups is 1. The van der Waals surface area contributed by atoms with Crippen LogP contribution in [0.1, 0.15) is 18.9 Å². The lowest BCUT2D eigenvalue weighted by atomic mass is 10.1. The van der Waals surface area contributed by atoms with Crippen LogP contribution in [0.5, 0.6) is 5.75 Å². The molecule has 2 rings (SSSR count). The Morgan fingerprint density at radius 2 is 2.17 bits per heavy atom. The molecular formula is C15H19N3O4P+. The third-order valence-corrected chi connectivity index (χ3v) is 4.26. The molecule has 7 nitrogen and oxygen atoms in total. The molecule has 2 N–H and O–H groups in total. The van der Waals surface area contributed by atoms with Crippen LogP contribution in [-0.2, 0) is 20.5 Å². The molecule has 0 aliphatic carbocycles. The first-order valence-electron chi connectivity index (χ1n) is 7.26. The van der Waals surface area contributed by atoms with Gasteiger partial charge in [-0.1, -0.05) is 24.1 Å². The van der Waals surface area contributed by atoms with Crippen LogP contribution in [0.2, 0.25) is 0 Å². The molecule has 2 unspecified atom stereocenters. The van der Waals surface area contributed by atoms with E-state index in [1.54, 1.807) is 30.5 Å². The molecule has 2 atom stereocenters. The number of carbonyl (C=O) groups excluding carboxylic acids is 1. The minimum absolute atomic E-state index is 0.149. The molecule has 0 amide bonds. The fraction of sp³-hybridized carbons (Fsp3) is 0.333. The average molecular weight is 336 g/mol. The summed E-state index contributed by atoms with van der Waals surface area (Å²) < 4.78 is 18.8. The van der Waals surface area contributed by atoms with Gasteiger partial charge in [-0.15, -0.1) is 4.34 Å². The fourth-order valence-corrected chi connectivity index (χ4v) is 2.84. The van der Waals surface area contributed by atoms with E-state index >= 15 is 0 Å². The van der Waals surface area contributed by atoms with Crippen molar-refractivity contribution in [3.8, 4) is 5.75 Å². The van der Waals surface area contributed by atoms with Crippen LogP contribution < -0.4 is 5.09 Å². The van der Waals surface area contributed by atoms with Gasteiger partial charge in [-0.2, -0.15) is 0 Å². The maximum Gasteiger partial charge on any atom is 0.569 e. The van der Waals surface area contributed by atoms with Gasteiger partial charge in [0.15, 0.2) is 6.04 Å². The Morgan fingerprint density at radius 3 is 2.78 bits per heavy atom. The SMILES string of the molecule is CCCOC(=O)C(Cc1ccc(O)cc1)N[P+](=O)n1ccnc1. The summed E-state index contributed by atoms with van der Waals surface area (Å²) in [4.78, 5) is 16.0. The second kappa shape index (κ2) is 8.41. The molecule has 122 valence electrons. The summed E-state index contributed by atoms with van der Waals surface area (Å²) in [7, 11) is -2.02. The molecule has 0 radical (unpaired) electrons. The molecule has 0 saturated heterocycles. The maximum atomic E-state index is 12.3. The number of nitrogens with one attached hydrogen (secondary N) is 1. The van der Waals surface area contributed by atoms with Crippen molar-refractivity contribution in [1.29, 1.82) is 0 Å². The molecule has 0 bridgehead atoms. The van der Waals surface area contributed by atoms with E-state index in [4.69, 9.17) is 4.74 Å². The van der Waals surface area contributed by atoms with Crippen LogP contribution in [0, 0.1) is 0 Å². The molecule has 0 fully saturated rings. The zero-order valence-electron chi connectivity index (χ0n) is 12.8. The van der Waals surface area contributed by atoms with Crippen molar-refractivity contribution in [3.05, 3.63) is 48.5 Å². The number of esters is 1. The third-order valence-electron chi connectivity index (χ3n) is 3.08. The molecule has 1 aromatic carbocycles. The van der Waals surface area contributed by atoms with Crippen LogP contribution in [-0.4, -0.2) is 33.0 Å². The number of phenols is 1. The van der Waals surface area contributed by atoms with Gasteiger partial charge >= 0.3 is 14.1 Å². The Balaban J connectivity index is 2.09. The summed E-state index contributed by atoms with van der Waals surface area (Å²) in [5.74, 6) is -0.306. The second-order valence-corrected chi connectivity index (χ2v) is 6.20. The van der Waals surface area contributed by atoms with E-state index in [-0.39, 0.29) is 5.75 Å². The lowest BCUT2D eigenvalue weighted by Gasteiger charge is -2.12. The first-order valence-corrected chi connectivity index (χ1v) is 8.47. The normalized spacial score (nSPS) is 12.7. The van der Waals surface area contributed by atoms with Crippen LogP contribution in [0.4, 0.5) is 0 Å². The first kappa shape index (κ1) is 17.1. The summed E-state index contributed by atoms with van der Waals surface area (Å²) in [6.07, 6.45) is 5.50. The molecule has 1 heterocycles. The summed E-state index contributed by atoms with van der Waals surface area (Å²) in [5.41, 5.74) is 0.822. The average Bonchev–Trinajstić information content (AvgIpc) is 3.08. The summed E-state index contributed by atoms with van der Waals surface area (Å²) in [6.45, 7) is 2.22. The van der Waals surface area contributed by atoms with Crippen molar-refractivity contribution in [3.63, 3.8) is 0 Å². The Morgan fingerprint density at radius 1 is 1.43 bits per heavy atom. The highest BCUT2D eigenvalue weighted by Gasteiger charge is 2.31. The van der Waals surface area contributed by atoms with Gasteiger partial charge in [0.25, 0.3) is 0 Å². The molecule has 0 aliphatic heterocycles. The lowest BCUT2D eigenvalue weighted by molar-refractivity contribution is -0.145. The van der Waals surface area contributed by atoms with Crippen LogP contribution >= 0.6 is 8.10 Å². The van der Waals surface area contributed by atoms with Gasteiger partial charge in [0.2, 0.25) is 0 Å². The number of nitrogens with zero attached hydrogens (tertiary/aromatic N) is 2. The highest BCUT2D eigenvalue weighted by Crippen LogP contribution is 2.21. The monoisotopic (exact) mass is 336 g/mol. The van der Waals surface area contributed by atoms with Crippen molar-refractivity contribution < 1.29 is 19.2 Å². The smallest absolute Gasteiger partial charge is 0.508 e. The number of aromatic nitrogens is 2. The molecule has 8 heteroatoms. The molecular weight excluding hydrogens is 317 g/mol. The number of hydrogen-bond acceptors (Lipinski definition) is 5. The van der Waals surface area contributed by atoms with E-state index in [0.717, 1.165) is 5.56 Å². The topological polar surface area (TPSA) is 93.5 Å². The molecule has 23 heavy (non-hydrogen) atoms. The first-order chi connectivity index (χ1) is 11.1. The van der Waals surface area contributed by atoms with Crippen molar-refractivity contribution in [2.75, 3.05) is 6.61 Å². The van der Waals surface area contributed by atoms with Crippen molar-refractivity contribution in [1.82, 2.24) is 14.4 Å². The van der Waals surface area contributed by atoms with E-state index in [0.29, 0.717) is 19.4 Å². The summed E-state index contributed by atoms with van der Waals surface area (Å²) in [6, 6.07) is 5.75. The van der Waals surface area contributed by atoms with E-state index < -0.39 is 20.1 Å².